The highest BCUT2D eigenvalue weighted by Crippen LogP contribution is 2.35. The molecule has 57 heavy (non-hydrogen) atoms. The highest BCUT2D eigenvalue weighted by molar-refractivity contribution is 5.91. The quantitative estimate of drug-likeness (QED) is 0.0652. The molecule has 0 aliphatic heterocycles. The minimum Gasteiger partial charge on any atom is -0.462 e. The summed E-state index contributed by atoms with van der Waals surface area (Å²) in [5.41, 5.74) is 2.16. The fourth-order valence-electron chi connectivity index (χ4n) is 6.70. The molecule has 1 aliphatic carbocycles. The third kappa shape index (κ3) is 14.4. The summed E-state index contributed by atoms with van der Waals surface area (Å²) in [6.45, 7) is -2.14. The second-order valence-corrected chi connectivity index (χ2v) is 13.7. The van der Waals surface area contributed by atoms with Crippen LogP contribution in [0.5, 0.6) is 0 Å². The molecule has 0 unspecified atom stereocenters. The zero-order chi connectivity index (χ0) is 41.0. The molecule has 0 spiro atoms. The van der Waals surface area contributed by atoms with Crippen LogP contribution in [0.25, 0.3) is 0 Å². The fourth-order valence-corrected chi connectivity index (χ4v) is 6.70. The highest BCUT2D eigenvalue weighted by Gasteiger charge is 2.42. The predicted octanol–water partition coefficient (Wildman–Crippen LogP) is 0.808. The molecule has 3 amide bonds. The van der Waals surface area contributed by atoms with Crippen molar-refractivity contribution in [2.75, 3.05) is 39.6 Å². The number of carbonyl (C=O) groups excluding carboxylic acids is 6. The SMILES string of the molecule is O=C(N[C@@H](Cc1ccccc1)C(=O)OCCO)C1CC(C(=O)N[C@@H](Cc2ccccc2)C(=O)OCCO)CC(C(=O)N[C@@H](Cc2ccccc2)C(=O)OCCO)C1. The van der Waals surface area contributed by atoms with Crippen LogP contribution < -0.4 is 16.0 Å². The van der Waals surface area contributed by atoms with Gasteiger partial charge in [-0.3, -0.25) is 14.4 Å². The molecule has 15 nitrogen and oxygen atoms in total. The van der Waals surface area contributed by atoms with Gasteiger partial charge in [0.15, 0.2) is 0 Å². The predicted molar refractivity (Wildman–Crippen MR) is 205 cm³/mol. The Morgan fingerprint density at radius 2 is 0.702 bits per heavy atom. The minimum atomic E-state index is -1.17. The lowest BCUT2D eigenvalue weighted by Crippen LogP contribution is -2.52. The number of hydrogen-bond donors (Lipinski definition) is 6. The van der Waals surface area contributed by atoms with Crippen molar-refractivity contribution in [3.05, 3.63) is 108 Å². The van der Waals surface area contributed by atoms with Crippen LogP contribution in [0.2, 0.25) is 0 Å². The third-order valence-corrected chi connectivity index (χ3v) is 9.48. The number of rotatable bonds is 21. The van der Waals surface area contributed by atoms with Crippen molar-refractivity contribution in [2.24, 2.45) is 17.8 Å². The molecular weight excluding hydrogens is 738 g/mol. The van der Waals surface area contributed by atoms with E-state index in [2.05, 4.69) is 16.0 Å². The van der Waals surface area contributed by atoms with Crippen molar-refractivity contribution >= 4 is 35.6 Å². The van der Waals surface area contributed by atoms with Crippen LogP contribution in [0, 0.1) is 17.8 Å². The molecule has 1 aliphatic rings. The zero-order valence-corrected chi connectivity index (χ0v) is 31.6. The normalized spacial score (nSPS) is 17.8. The Bertz CT molecular complexity index is 1540. The largest absolute Gasteiger partial charge is 0.462 e. The topological polar surface area (TPSA) is 227 Å². The van der Waals surface area contributed by atoms with Crippen LogP contribution >= 0.6 is 0 Å². The summed E-state index contributed by atoms with van der Waals surface area (Å²) in [5.74, 6) is -7.19. The van der Waals surface area contributed by atoms with E-state index in [9.17, 15) is 44.1 Å². The van der Waals surface area contributed by atoms with E-state index in [-0.39, 0.29) is 58.3 Å². The van der Waals surface area contributed by atoms with E-state index in [1.54, 1.807) is 91.0 Å². The van der Waals surface area contributed by atoms with Crippen molar-refractivity contribution < 1.29 is 58.3 Å². The van der Waals surface area contributed by atoms with Gasteiger partial charge in [0, 0.05) is 37.0 Å². The van der Waals surface area contributed by atoms with Crippen molar-refractivity contribution in [1.29, 1.82) is 0 Å². The Morgan fingerprint density at radius 1 is 0.456 bits per heavy atom. The van der Waals surface area contributed by atoms with Gasteiger partial charge in [-0.15, -0.1) is 0 Å². The molecule has 0 aromatic heterocycles. The number of aliphatic hydroxyl groups excluding tert-OH is 3. The molecule has 6 N–H and O–H groups in total. The van der Waals surface area contributed by atoms with Gasteiger partial charge in [0.25, 0.3) is 0 Å². The average Bonchev–Trinajstić information content (AvgIpc) is 3.23. The van der Waals surface area contributed by atoms with Gasteiger partial charge in [-0.05, 0) is 36.0 Å². The molecule has 0 heterocycles. The lowest BCUT2D eigenvalue weighted by Gasteiger charge is -2.34. The van der Waals surface area contributed by atoms with Crippen molar-refractivity contribution in [1.82, 2.24) is 16.0 Å². The van der Waals surface area contributed by atoms with E-state index in [4.69, 9.17) is 14.2 Å². The number of nitrogens with one attached hydrogen (secondary N) is 3. The molecule has 306 valence electrons. The molecular formula is C42H51N3O12. The number of aliphatic hydroxyl groups is 3. The Morgan fingerprint density at radius 3 is 0.930 bits per heavy atom. The fraction of sp³-hybridized carbons (Fsp3) is 0.429. The van der Waals surface area contributed by atoms with Crippen molar-refractivity contribution in [3.63, 3.8) is 0 Å². The molecule has 3 atom stereocenters. The lowest BCUT2D eigenvalue weighted by molar-refractivity contribution is -0.151. The average molecular weight is 790 g/mol. The Balaban J connectivity index is 1.61. The first-order chi connectivity index (χ1) is 27.6. The smallest absolute Gasteiger partial charge is 0.329 e. The van der Waals surface area contributed by atoms with Gasteiger partial charge in [-0.25, -0.2) is 14.4 Å². The number of amides is 3. The summed E-state index contributed by atoms with van der Waals surface area (Å²) in [6, 6.07) is 23.2. The summed E-state index contributed by atoms with van der Waals surface area (Å²) in [7, 11) is 0. The minimum absolute atomic E-state index is 0.0546. The van der Waals surface area contributed by atoms with Gasteiger partial charge in [0.1, 0.15) is 37.9 Å². The Kier molecular flexibility index (Phi) is 18.1. The second kappa shape index (κ2) is 23.4. The summed E-state index contributed by atoms with van der Waals surface area (Å²) in [6.07, 6.45) is 0.0195. The van der Waals surface area contributed by atoms with Crippen LogP contribution in [0.15, 0.2) is 91.0 Å². The van der Waals surface area contributed by atoms with Gasteiger partial charge in [-0.2, -0.15) is 0 Å². The van der Waals surface area contributed by atoms with Crippen LogP contribution in [-0.4, -0.2) is 109 Å². The van der Waals surface area contributed by atoms with Crippen LogP contribution in [0.1, 0.15) is 36.0 Å². The van der Waals surface area contributed by atoms with Gasteiger partial charge in [-0.1, -0.05) is 91.0 Å². The van der Waals surface area contributed by atoms with E-state index < -0.39 is 91.3 Å². The number of carbonyl (C=O) groups is 6. The van der Waals surface area contributed by atoms with Crippen LogP contribution in [0.3, 0.4) is 0 Å². The first-order valence-corrected chi connectivity index (χ1v) is 19.0. The molecule has 0 bridgehead atoms. The summed E-state index contributed by atoms with van der Waals surface area (Å²) in [4.78, 5) is 81.5. The molecule has 3 aromatic rings. The second-order valence-electron chi connectivity index (χ2n) is 13.7. The third-order valence-electron chi connectivity index (χ3n) is 9.48. The van der Waals surface area contributed by atoms with Crippen LogP contribution in [-0.2, 0) is 62.2 Å². The first kappa shape index (κ1) is 44.1. The molecule has 0 saturated heterocycles. The highest BCUT2D eigenvalue weighted by atomic mass is 16.5. The molecule has 3 aromatic carbocycles. The number of esters is 3. The summed E-state index contributed by atoms with van der Waals surface area (Å²) >= 11 is 0. The monoisotopic (exact) mass is 789 g/mol. The molecule has 1 fully saturated rings. The molecule has 15 heteroatoms. The van der Waals surface area contributed by atoms with Gasteiger partial charge < -0.3 is 45.5 Å². The maximum Gasteiger partial charge on any atom is 0.329 e. The van der Waals surface area contributed by atoms with Crippen molar-refractivity contribution in [2.45, 2.75) is 56.7 Å². The molecule has 1 saturated carbocycles. The first-order valence-electron chi connectivity index (χ1n) is 19.0. The maximum atomic E-state index is 14.1. The lowest BCUT2D eigenvalue weighted by atomic mass is 9.73. The number of hydrogen-bond acceptors (Lipinski definition) is 12. The zero-order valence-electron chi connectivity index (χ0n) is 31.6. The number of ether oxygens (including phenoxy) is 3. The molecule has 4 rings (SSSR count). The van der Waals surface area contributed by atoms with E-state index in [0.717, 1.165) is 16.7 Å². The summed E-state index contributed by atoms with van der Waals surface area (Å²) < 4.78 is 15.5. The molecule has 0 radical (unpaired) electrons. The van der Waals surface area contributed by atoms with E-state index in [0.29, 0.717) is 0 Å². The summed E-state index contributed by atoms with van der Waals surface area (Å²) in [5, 5.41) is 36.0. The maximum absolute atomic E-state index is 14.1. The standard InChI is InChI=1S/C42H51N3O12/c46-16-19-55-40(52)34(22-28-10-4-1-5-11-28)43-37(49)31-25-32(38(50)44-35(41(53)56-20-17-47)23-29-12-6-2-7-13-29)27-33(26-31)39(51)45-36(42(54)57-21-18-48)24-30-14-8-3-9-15-30/h1-15,31-36,46-48H,16-27H2,(H,43,49)(H,44,50)(H,45,51)/t31?,32?,33?,34-,35-,36-/m0/s1. The van der Waals surface area contributed by atoms with Gasteiger partial charge in [0.2, 0.25) is 17.7 Å². The van der Waals surface area contributed by atoms with E-state index in [1.165, 1.54) is 0 Å². The van der Waals surface area contributed by atoms with Crippen LogP contribution in [0.4, 0.5) is 0 Å². The van der Waals surface area contributed by atoms with Gasteiger partial charge >= 0.3 is 17.9 Å². The van der Waals surface area contributed by atoms with Crippen molar-refractivity contribution in [3.8, 4) is 0 Å². The number of benzene rings is 3. The van der Waals surface area contributed by atoms with E-state index >= 15 is 0 Å². The van der Waals surface area contributed by atoms with Gasteiger partial charge in [0.05, 0.1) is 19.8 Å². The Hall–Kier alpha value is -5.64. The Labute approximate surface area is 331 Å². The van der Waals surface area contributed by atoms with E-state index in [1.807, 2.05) is 0 Å².